The highest BCUT2D eigenvalue weighted by Gasteiger charge is 2.67. The molecule has 0 amide bonds. The highest BCUT2D eigenvalue weighted by atomic mass is 28.4. The zero-order valence-electron chi connectivity index (χ0n) is 28.3. The molecule has 0 bridgehead atoms. The molecule has 7 heteroatoms. The third-order valence-electron chi connectivity index (χ3n) is 13.5. The maximum absolute atomic E-state index is 12.8. The topological polar surface area (TPSA) is 47.9 Å². The minimum absolute atomic E-state index is 0.0847. The van der Waals surface area contributed by atoms with Gasteiger partial charge < -0.3 is 18.4 Å². The lowest BCUT2D eigenvalue weighted by Gasteiger charge is -2.62. The molecule has 0 spiro atoms. The van der Waals surface area contributed by atoms with Crippen molar-refractivity contribution < 1.29 is 18.4 Å². The monoisotopic (exact) mass is 610 g/mol. The van der Waals surface area contributed by atoms with E-state index in [0.29, 0.717) is 24.0 Å². The van der Waals surface area contributed by atoms with Crippen LogP contribution >= 0.6 is 0 Å². The summed E-state index contributed by atoms with van der Waals surface area (Å²) in [7, 11) is -5.14. The van der Waals surface area contributed by atoms with Crippen molar-refractivity contribution in [1.82, 2.24) is 0 Å². The Labute approximate surface area is 251 Å². The summed E-state index contributed by atoms with van der Waals surface area (Å²) in [6, 6.07) is 3.38. The molecule has 4 saturated carbocycles. The van der Waals surface area contributed by atoms with E-state index in [1.165, 1.54) is 44.6 Å². The predicted octanol–water partition coefficient (Wildman–Crippen LogP) is 9.22. The first-order valence-corrected chi connectivity index (χ1v) is 26.5. The van der Waals surface area contributed by atoms with E-state index in [2.05, 4.69) is 73.9 Å². The maximum Gasteiger partial charge on any atom is 0.187 e. The van der Waals surface area contributed by atoms with Gasteiger partial charge in [-0.3, -0.25) is 0 Å². The van der Waals surface area contributed by atoms with Crippen molar-refractivity contribution in [3.8, 4) is 0 Å². The normalized spacial score (nSPS) is 41.2. The van der Waals surface area contributed by atoms with Crippen molar-refractivity contribution in [3.05, 3.63) is 0 Å². The van der Waals surface area contributed by atoms with Gasteiger partial charge in [0.1, 0.15) is 0 Å². The first-order chi connectivity index (χ1) is 18.5. The van der Waals surface area contributed by atoms with Crippen LogP contribution in [-0.2, 0) is 13.3 Å². The van der Waals surface area contributed by atoms with Gasteiger partial charge in [-0.05, 0) is 144 Å². The molecule has 4 aliphatic rings. The molecular formula is C33H66O4Si3. The standard InChI is InChI=1S/C33H66O4Si3/c1-12-38(6,7)35-24-30(37-40(10,11)14-3)33(34)22-19-29-27-16-15-25-23-26(36-39(8,9)13-2)17-20-31(25,4)28(27)18-21-32(29,33)5/h25-30,34H,12-24H2,1-11H3. The van der Waals surface area contributed by atoms with Gasteiger partial charge in [-0.15, -0.1) is 0 Å². The van der Waals surface area contributed by atoms with Gasteiger partial charge in [-0.1, -0.05) is 34.6 Å². The highest BCUT2D eigenvalue weighted by Crippen LogP contribution is 2.69. The van der Waals surface area contributed by atoms with E-state index in [1.54, 1.807) is 0 Å². The van der Waals surface area contributed by atoms with Crippen LogP contribution < -0.4 is 0 Å². The summed E-state index contributed by atoms with van der Waals surface area (Å²) in [6.07, 6.45) is 11.3. The van der Waals surface area contributed by atoms with Gasteiger partial charge in [0.05, 0.1) is 18.3 Å². The van der Waals surface area contributed by atoms with Crippen LogP contribution in [0, 0.1) is 34.5 Å². The lowest BCUT2D eigenvalue weighted by Crippen LogP contribution is -2.62. The number of hydrogen-bond acceptors (Lipinski definition) is 4. The number of fused-ring (bicyclic) bond motifs is 5. The first kappa shape index (κ1) is 33.4. The zero-order valence-corrected chi connectivity index (χ0v) is 31.3. The van der Waals surface area contributed by atoms with E-state index in [-0.39, 0.29) is 11.5 Å². The second-order valence-electron chi connectivity index (χ2n) is 16.8. The third kappa shape index (κ3) is 6.19. The Balaban J connectivity index is 1.54. The fourth-order valence-corrected chi connectivity index (χ4v) is 12.9. The first-order valence-electron chi connectivity index (χ1n) is 17.2. The molecule has 0 saturated heterocycles. The van der Waals surface area contributed by atoms with Crippen LogP contribution in [-0.4, -0.2) is 54.5 Å². The molecule has 0 heterocycles. The second kappa shape index (κ2) is 11.8. The Morgan fingerprint density at radius 3 is 2.00 bits per heavy atom. The van der Waals surface area contributed by atoms with Gasteiger partial charge in [-0.25, -0.2) is 0 Å². The van der Waals surface area contributed by atoms with Gasteiger partial charge in [0.25, 0.3) is 0 Å². The highest BCUT2D eigenvalue weighted by molar-refractivity contribution is 6.71. The van der Waals surface area contributed by atoms with Gasteiger partial charge in [-0.2, -0.15) is 0 Å². The lowest BCUT2D eigenvalue weighted by atomic mass is 9.44. The molecule has 0 radical (unpaired) electrons. The fraction of sp³-hybridized carbons (Fsp3) is 1.00. The van der Waals surface area contributed by atoms with E-state index in [9.17, 15) is 5.11 Å². The fourth-order valence-electron chi connectivity index (χ4n) is 9.58. The van der Waals surface area contributed by atoms with Crippen LogP contribution in [0.2, 0.25) is 57.4 Å². The number of rotatable bonds is 11. The van der Waals surface area contributed by atoms with Gasteiger partial charge in [0.15, 0.2) is 25.0 Å². The van der Waals surface area contributed by atoms with Crippen molar-refractivity contribution in [2.75, 3.05) is 6.61 Å². The molecule has 0 aromatic rings. The molecule has 9 atom stereocenters. The molecule has 0 aromatic heterocycles. The van der Waals surface area contributed by atoms with Gasteiger partial charge >= 0.3 is 0 Å². The average molecular weight is 611 g/mol. The molecule has 234 valence electrons. The Hall–Kier alpha value is 0.491. The maximum atomic E-state index is 12.8. The van der Waals surface area contributed by atoms with E-state index in [1.807, 2.05) is 0 Å². The average Bonchev–Trinajstić information content (AvgIpc) is 3.18. The third-order valence-corrected chi connectivity index (χ3v) is 21.4. The van der Waals surface area contributed by atoms with Crippen molar-refractivity contribution in [2.24, 2.45) is 34.5 Å². The van der Waals surface area contributed by atoms with Crippen LogP contribution in [0.25, 0.3) is 0 Å². The second-order valence-corrected chi connectivity index (χ2v) is 30.3. The van der Waals surface area contributed by atoms with Crippen LogP contribution in [0.15, 0.2) is 0 Å². The van der Waals surface area contributed by atoms with Crippen molar-refractivity contribution >= 4 is 25.0 Å². The van der Waals surface area contributed by atoms with E-state index in [4.69, 9.17) is 13.3 Å². The molecular weight excluding hydrogens is 545 g/mol. The van der Waals surface area contributed by atoms with Crippen molar-refractivity contribution in [3.63, 3.8) is 0 Å². The molecule has 0 aromatic carbocycles. The summed E-state index contributed by atoms with van der Waals surface area (Å²) in [5.74, 6) is 2.95. The molecule has 9 unspecified atom stereocenters. The van der Waals surface area contributed by atoms with Crippen LogP contribution in [0.3, 0.4) is 0 Å². The smallest absolute Gasteiger partial charge is 0.187 e. The molecule has 1 N–H and O–H groups in total. The molecule has 0 aliphatic heterocycles. The number of hydrogen-bond donors (Lipinski definition) is 1. The van der Waals surface area contributed by atoms with E-state index < -0.39 is 30.6 Å². The lowest BCUT2D eigenvalue weighted by molar-refractivity contribution is -0.191. The van der Waals surface area contributed by atoms with Gasteiger partial charge in [0, 0.05) is 11.5 Å². The van der Waals surface area contributed by atoms with Crippen LogP contribution in [0.4, 0.5) is 0 Å². The summed E-state index contributed by atoms with van der Waals surface area (Å²) in [6.45, 7) is 26.6. The van der Waals surface area contributed by atoms with Gasteiger partial charge in [0.2, 0.25) is 0 Å². The molecule has 4 aliphatic carbocycles. The molecule has 4 nitrogen and oxygen atoms in total. The summed E-state index contributed by atoms with van der Waals surface area (Å²) in [5, 5.41) is 12.8. The molecule has 4 rings (SSSR count). The van der Waals surface area contributed by atoms with E-state index >= 15 is 0 Å². The minimum atomic E-state index is -1.88. The van der Waals surface area contributed by atoms with Crippen LogP contribution in [0.1, 0.15) is 92.4 Å². The Kier molecular flexibility index (Phi) is 9.83. The van der Waals surface area contributed by atoms with Crippen molar-refractivity contribution in [1.29, 1.82) is 0 Å². The number of aliphatic hydroxyl groups is 1. The zero-order chi connectivity index (χ0) is 29.8. The minimum Gasteiger partial charge on any atom is -0.415 e. The quantitative estimate of drug-likeness (QED) is 0.237. The largest absolute Gasteiger partial charge is 0.415 e. The predicted molar refractivity (Wildman–Crippen MR) is 176 cm³/mol. The summed E-state index contributed by atoms with van der Waals surface area (Å²) in [5.41, 5.74) is -0.436. The Morgan fingerprint density at radius 2 is 1.38 bits per heavy atom. The summed E-state index contributed by atoms with van der Waals surface area (Å²) < 4.78 is 20.4. The SMILES string of the molecule is CC[Si](C)(C)OCC(O[Si](C)(C)CC)C1(O)CCC2C3CCC4CC(O[Si](C)(C)CC)CCC4(C)C3CCC21C. The summed E-state index contributed by atoms with van der Waals surface area (Å²) >= 11 is 0. The van der Waals surface area contributed by atoms with E-state index in [0.717, 1.165) is 49.1 Å². The Bertz CT molecular complexity index is 880. The van der Waals surface area contributed by atoms with Crippen LogP contribution in [0.5, 0.6) is 0 Å². The molecule has 4 fully saturated rings. The van der Waals surface area contributed by atoms with Crippen molar-refractivity contribution in [2.45, 2.75) is 168 Å². The Morgan fingerprint density at radius 1 is 0.750 bits per heavy atom. The molecule has 40 heavy (non-hydrogen) atoms. The summed E-state index contributed by atoms with van der Waals surface area (Å²) in [4.78, 5) is 0.